The smallest absolute Gasteiger partial charge is 0.422 e. The lowest BCUT2D eigenvalue weighted by Crippen LogP contribution is -2.21. The minimum absolute atomic E-state index is 0.0538. The van der Waals surface area contributed by atoms with Crippen LogP contribution >= 0.6 is 11.3 Å². The zero-order chi connectivity index (χ0) is 18.7. The van der Waals surface area contributed by atoms with Crippen LogP contribution in [0.1, 0.15) is 10.4 Å². The molecule has 0 aliphatic carbocycles. The van der Waals surface area contributed by atoms with Crippen LogP contribution in [0.2, 0.25) is 0 Å². The van der Waals surface area contributed by atoms with Crippen molar-refractivity contribution < 1.29 is 35.9 Å². The maximum Gasteiger partial charge on any atom is 0.422 e. The Morgan fingerprint density at radius 1 is 1.08 bits per heavy atom. The van der Waals surface area contributed by atoms with E-state index in [0.29, 0.717) is 0 Å². The molecule has 1 aromatic carbocycles. The number of alkyl halides is 6. The van der Waals surface area contributed by atoms with Gasteiger partial charge in [0.1, 0.15) is 5.75 Å². The molecule has 2 rings (SSSR count). The number of rotatable bonds is 5. The number of anilines is 1. The SMILES string of the molecule is O=C(Cc1sccc1C(F)(F)F)Nc1ccccc1OCC(F)(F)F. The predicted octanol–water partition coefficient (Wildman–Crippen LogP) is 4.89. The van der Waals surface area contributed by atoms with Crippen molar-refractivity contribution in [3.63, 3.8) is 0 Å². The normalized spacial score (nSPS) is 12.1. The Bertz CT molecular complexity index is 738. The Labute approximate surface area is 142 Å². The molecule has 0 aliphatic rings. The van der Waals surface area contributed by atoms with E-state index >= 15 is 0 Å². The minimum atomic E-state index is -4.58. The number of hydrogen-bond donors (Lipinski definition) is 1. The van der Waals surface area contributed by atoms with Gasteiger partial charge in [0.05, 0.1) is 17.7 Å². The second-order valence-corrected chi connectivity index (χ2v) is 5.88. The van der Waals surface area contributed by atoms with Crippen molar-refractivity contribution in [2.45, 2.75) is 18.8 Å². The van der Waals surface area contributed by atoms with Crippen LogP contribution in [0.5, 0.6) is 5.75 Å². The number of carbonyl (C=O) groups excluding carboxylic acids is 1. The van der Waals surface area contributed by atoms with Crippen molar-refractivity contribution in [3.8, 4) is 5.75 Å². The second kappa shape index (κ2) is 7.34. The zero-order valence-corrected chi connectivity index (χ0v) is 13.2. The van der Waals surface area contributed by atoms with Gasteiger partial charge in [-0.05, 0) is 23.6 Å². The number of carbonyl (C=O) groups is 1. The van der Waals surface area contributed by atoms with Crippen LogP contribution in [0.25, 0.3) is 0 Å². The number of amides is 1. The molecule has 0 bridgehead atoms. The lowest BCUT2D eigenvalue weighted by Gasteiger charge is -2.14. The highest BCUT2D eigenvalue weighted by molar-refractivity contribution is 7.10. The highest BCUT2D eigenvalue weighted by Crippen LogP contribution is 2.35. The van der Waals surface area contributed by atoms with Gasteiger partial charge in [0.2, 0.25) is 5.91 Å². The molecule has 0 atom stereocenters. The molecule has 0 radical (unpaired) electrons. The van der Waals surface area contributed by atoms with Crippen LogP contribution in [-0.2, 0) is 17.4 Å². The van der Waals surface area contributed by atoms with E-state index in [4.69, 9.17) is 0 Å². The first-order valence-electron chi connectivity index (χ1n) is 6.78. The average molecular weight is 383 g/mol. The first-order chi connectivity index (χ1) is 11.6. The lowest BCUT2D eigenvalue weighted by atomic mass is 10.2. The monoisotopic (exact) mass is 383 g/mol. The highest BCUT2D eigenvalue weighted by Gasteiger charge is 2.34. The van der Waals surface area contributed by atoms with Crippen LogP contribution in [0, 0.1) is 0 Å². The number of benzene rings is 1. The van der Waals surface area contributed by atoms with Gasteiger partial charge in [-0.25, -0.2) is 0 Å². The third-order valence-electron chi connectivity index (χ3n) is 2.92. The molecule has 1 amide bonds. The topological polar surface area (TPSA) is 38.3 Å². The number of hydrogen-bond acceptors (Lipinski definition) is 3. The summed E-state index contributed by atoms with van der Waals surface area (Å²) in [5, 5.41) is 3.49. The summed E-state index contributed by atoms with van der Waals surface area (Å²) in [6, 6.07) is 6.23. The van der Waals surface area contributed by atoms with E-state index in [0.717, 1.165) is 17.4 Å². The summed E-state index contributed by atoms with van der Waals surface area (Å²) in [6.07, 6.45) is -9.70. The summed E-state index contributed by atoms with van der Waals surface area (Å²) in [7, 11) is 0. The molecule has 10 heteroatoms. The van der Waals surface area contributed by atoms with Crippen LogP contribution in [0.15, 0.2) is 35.7 Å². The molecule has 0 saturated heterocycles. The molecule has 1 N–H and O–H groups in total. The number of ether oxygens (including phenoxy) is 1. The van der Waals surface area contributed by atoms with E-state index in [1.807, 2.05) is 0 Å². The molecule has 1 heterocycles. The maximum absolute atomic E-state index is 12.8. The van der Waals surface area contributed by atoms with E-state index in [9.17, 15) is 31.1 Å². The quantitative estimate of drug-likeness (QED) is 0.747. The van der Waals surface area contributed by atoms with Crippen molar-refractivity contribution >= 4 is 22.9 Å². The summed E-state index contributed by atoms with van der Waals surface area (Å²) < 4.78 is 79.6. The minimum Gasteiger partial charge on any atom is -0.482 e. The fourth-order valence-electron chi connectivity index (χ4n) is 1.93. The second-order valence-electron chi connectivity index (χ2n) is 4.88. The first kappa shape index (κ1) is 19.1. The Morgan fingerprint density at radius 2 is 1.76 bits per heavy atom. The molecule has 2 aromatic rings. The molecule has 0 spiro atoms. The zero-order valence-electron chi connectivity index (χ0n) is 12.4. The van der Waals surface area contributed by atoms with Crippen molar-refractivity contribution in [3.05, 3.63) is 46.2 Å². The van der Waals surface area contributed by atoms with Crippen LogP contribution < -0.4 is 10.1 Å². The summed E-state index contributed by atoms with van der Waals surface area (Å²) in [5.74, 6) is -1.02. The van der Waals surface area contributed by atoms with Gasteiger partial charge < -0.3 is 10.1 Å². The molecule has 3 nitrogen and oxygen atoms in total. The molecule has 0 fully saturated rings. The summed E-state index contributed by atoms with van der Waals surface area (Å²) in [4.78, 5) is 11.8. The average Bonchev–Trinajstić information content (AvgIpc) is 2.93. The third-order valence-corrected chi connectivity index (χ3v) is 3.85. The largest absolute Gasteiger partial charge is 0.482 e. The van der Waals surface area contributed by atoms with Crippen LogP contribution in [0.3, 0.4) is 0 Å². The van der Waals surface area contributed by atoms with Crippen molar-refractivity contribution in [1.82, 2.24) is 0 Å². The number of para-hydroxylation sites is 2. The molecule has 25 heavy (non-hydrogen) atoms. The summed E-state index contributed by atoms with van der Waals surface area (Å²) >= 11 is 0.772. The maximum atomic E-state index is 12.8. The third kappa shape index (κ3) is 5.66. The molecular weight excluding hydrogens is 372 g/mol. The predicted molar refractivity (Wildman–Crippen MR) is 79.6 cm³/mol. The first-order valence-corrected chi connectivity index (χ1v) is 7.66. The number of thiophene rings is 1. The van der Waals surface area contributed by atoms with Crippen molar-refractivity contribution in [2.24, 2.45) is 0 Å². The van der Waals surface area contributed by atoms with Gasteiger partial charge in [-0.1, -0.05) is 12.1 Å². The van der Waals surface area contributed by atoms with Gasteiger partial charge in [-0.2, -0.15) is 26.3 Å². The van der Waals surface area contributed by atoms with Gasteiger partial charge in [0, 0.05) is 4.88 Å². The summed E-state index contributed by atoms with van der Waals surface area (Å²) in [5.41, 5.74) is -0.962. The Morgan fingerprint density at radius 3 is 2.40 bits per heavy atom. The number of nitrogens with one attached hydrogen (secondary N) is 1. The van der Waals surface area contributed by atoms with E-state index < -0.39 is 36.9 Å². The van der Waals surface area contributed by atoms with Crippen LogP contribution in [-0.4, -0.2) is 18.7 Å². The molecule has 0 saturated carbocycles. The Balaban J connectivity index is 2.08. The van der Waals surface area contributed by atoms with Gasteiger partial charge in [-0.3, -0.25) is 4.79 Å². The van der Waals surface area contributed by atoms with Crippen molar-refractivity contribution in [1.29, 1.82) is 0 Å². The fourth-order valence-corrected chi connectivity index (χ4v) is 2.82. The lowest BCUT2D eigenvalue weighted by molar-refractivity contribution is -0.153. The van der Waals surface area contributed by atoms with Gasteiger partial charge >= 0.3 is 12.4 Å². The van der Waals surface area contributed by atoms with E-state index in [-0.39, 0.29) is 16.3 Å². The Kier molecular flexibility index (Phi) is 5.61. The molecular formula is C15H11F6NO2S. The highest BCUT2D eigenvalue weighted by atomic mass is 32.1. The van der Waals surface area contributed by atoms with Gasteiger partial charge in [0.25, 0.3) is 0 Å². The summed E-state index contributed by atoms with van der Waals surface area (Å²) in [6.45, 7) is -1.55. The molecule has 0 aliphatic heterocycles. The molecule has 0 unspecified atom stereocenters. The standard InChI is InChI=1S/C15H11F6NO2S/c16-14(17,18)8-24-11-4-2-1-3-10(11)22-13(23)7-12-9(5-6-25-12)15(19,20)21/h1-6H,7-8H2,(H,22,23). The van der Waals surface area contributed by atoms with E-state index in [1.165, 1.54) is 29.6 Å². The van der Waals surface area contributed by atoms with E-state index in [2.05, 4.69) is 10.1 Å². The molecule has 136 valence electrons. The molecule has 1 aromatic heterocycles. The van der Waals surface area contributed by atoms with Crippen LogP contribution in [0.4, 0.5) is 32.0 Å². The fraction of sp³-hybridized carbons (Fsp3) is 0.267. The van der Waals surface area contributed by atoms with E-state index in [1.54, 1.807) is 0 Å². The number of halogens is 6. The van der Waals surface area contributed by atoms with Crippen molar-refractivity contribution in [2.75, 3.05) is 11.9 Å². The Hall–Kier alpha value is -2.23. The van der Waals surface area contributed by atoms with Gasteiger partial charge in [0.15, 0.2) is 6.61 Å². The van der Waals surface area contributed by atoms with Gasteiger partial charge in [-0.15, -0.1) is 11.3 Å².